The van der Waals surface area contributed by atoms with Crippen molar-refractivity contribution in [3.05, 3.63) is 42.2 Å². The van der Waals surface area contributed by atoms with Crippen molar-refractivity contribution in [3.8, 4) is 11.3 Å². The molecule has 19 heavy (non-hydrogen) atoms. The van der Waals surface area contributed by atoms with Gasteiger partial charge in [0, 0.05) is 18.0 Å². The SMILES string of the molecule is CSc1nc(-c2ccc(C)cc2)c2c(N)nccn12. The number of aromatic nitrogens is 3. The van der Waals surface area contributed by atoms with E-state index in [9.17, 15) is 0 Å². The average molecular weight is 270 g/mol. The van der Waals surface area contributed by atoms with Crippen molar-refractivity contribution in [2.45, 2.75) is 12.1 Å². The summed E-state index contributed by atoms with van der Waals surface area (Å²) in [6.45, 7) is 2.07. The highest BCUT2D eigenvalue weighted by Crippen LogP contribution is 2.30. The molecule has 0 atom stereocenters. The van der Waals surface area contributed by atoms with Crippen LogP contribution in [-0.4, -0.2) is 20.6 Å². The van der Waals surface area contributed by atoms with E-state index in [1.165, 1.54) is 5.56 Å². The van der Waals surface area contributed by atoms with Crippen LogP contribution in [0, 0.1) is 6.92 Å². The molecule has 2 aromatic heterocycles. The van der Waals surface area contributed by atoms with E-state index in [0.29, 0.717) is 5.82 Å². The minimum Gasteiger partial charge on any atom is -0.382 e. The van der Waals surface area contributed by atoms with Gasteiger partial charge in [-0.2, -0.15) is 0 Å². The molecule has 0 unspecified atom stereocenters. The maximum absolute atomic E-state index is 6.01. The zero-order valence-corrected chi connectivity index (χ0v) is 11.6. The normalized spacial score (nSPS) is 11.1. The summed E-state index contributed by atoms with van der Waals surface area (Å²) in [6, 6.07) is 8.28. The summed E-state index contributed by atoms with van der Waals surface area (Å²) in [6.07, 6.45) is 5.59. The maximum atomic E-state index is 6.01. The van der Waals surface area contributed by atoms with Gasteiger partial charge in [0.1, 0.15) is 17.0 Å². The molecule has 0 saturated carbocycles. The van der Waals surface area contributed by atoms with E-state index < -0.39 is 0 Å². The van der Waals surface area contributed by atoms with Crippen LogP contribution in [0.3, 0.4) is 0 Å². The van der Waals surface area contributed by atoms with Crippen molar-refractivity contribution in [1.29, 1.82) is 0 Å². The summed E-state index contributed by atoms with van der Waals surface area (Å²) in [5, 5.41) is 0.916. The Kier molecular flexibility index (Phi) is 2.91. The van der Waals surface area contributed by atoms with Gasteiger partial charge >= 0.3 is 0 Å². The topological polar surface area (TPSA) is 56.2 Å². The van der Waals surface area contributed by atoms with Gasteiger partial charge in [0.15, 0.2) is 5.16 Å². The molecular weight excluding hydrogens is 256 g/mol. The van der Waals surface area contributed by atoms with Crippen LogP contribution in [0.4, 0.5) is 5.82 Å². The average Bonchev–Trinajstić information content (AvgIpc) is 2.80. The van der Waals surface area contributed by atoms with Gasteiger partial charge < -0.3 is 5.73 Å². The molecule has 3 rings (SSSR count). The maximum Gasteiger partial charge on any atom is 0.173 e. The predicted molar refractivity (Wildman–Crippen MR) is 79.4 cm³/mol. The monoisotopic (exact) mass is 270 g/mol. The number of nitrogens with zero attached hydrogens (tertiary/aromatic N) is 3. The lowest BCUT2D eigenvalue weighted by atomic mass is 10.1. The van der Waals surface area contributed by atoms with Gasteiger partial charge in [0.2, 0.25) is 0 Å². The molecule has 3 aromatic rings. The molecule has 5 heteroatoms. The Balaban J connectivity index is 2.32. The first-order valence-electron chi connectivity index (χ1n) is 5.94. The third-order valence-corrected chi connectivity index (χ3v) is 3.71. The summed E-state index contributed by atoms with van der Waals surface area (Å²) in [5.41, 5.74) is 10.1. The second kappa shape index (κ2) is 4.59. The summed E-state index contributed by atoms with van der Waals surface area (Å²) in [4.78, 5) is 8.84. The third kappa shape index (κ3) is 1.96. The van der Waals surface area contributed by atoms with E-state index in [-0.39, 0.29) is 0 Å². The number of aryl methyl sites for hydroxylation is 1. The molecular formula is C14H14N4S. The number of thioether (sulfide) groups is 1. The lowest BCUT2D eigenvalue weighted by molar-refractivity contribution is 0.953. The second-order valence-corrected chi connectivity index (χ2v) is 5.12. The smallest absolute Gasteiger partial charge is 0.173 e. The van der Waals surface area contributed by atoms with Gasteiger partial charge in [0.25, 0.3) is 0 Å². The van der Waals surface area contributed by atoms with Gasteiger partial charge in [-0.3, -0.25) is 4.40 Å². The number of hydrogen-bond acceptors (Lipinski definition) is 4. The van der Waals surface area contributed by atoms with Crippen molar-refractivity contribution in [2.75, 3.05) is 12.0 Å². The molecule has 1 aromatic carbocycles. The predicted octanol–water partition coefficient (Wildman–Crippen LogP) is 3.01. The molecule has 96 valence electrons. The van der Waals surface area contributed by atoms with E-state index in [0.717, 1.165) is 21.9 Å². The molecule has 0 bridgehead atoms. The second-order valence-electron chi connectivity index (χ2n) is 4.34. The standard InChI is InChI=1S/C14H14N4S/c1-9-3-5-10(6-4-9)11-12-13(15)16-7-8-18(12)14(17-11)19-2/h3-8H,1-2H3,(H2,15,16). The van der Waals surface area contributed by atoms with Crippen molar-refractivity contribution >= 4 is 23.1 Å². The van der Waals surface area contributed by atoms with E-state index in [1.54, 1.807) is 18.0 Å². The first-order valence-corrected chi connectivity index (χ1v) is 7.16. The zero-order valence-electron chi connectivity index (χ0n) is 10.8. The van der Waals surface area contributed by atoms with Gasteiger partial charge in [-0.1, -0.05) is 41.6 Å². The molecule has 0 aliphatic carbocycles. The highest BCUT2D eigenvalue weighted by molar-refractivity contribution is 7.98. The fraction of sp³-hybridized carbons (Fsp3) is 0.143. The van der Waals surface area contributed by atoms with Crippen LogP contribution in [-0.2, 0) is 0 Å². The van der Waals surface area contributed by atoms with E-state index in [1.807, 2.05) is 16.9 Å². The lowest BCUT2D eigenvalue weighted by Gasteiger charge is -2.02. The van der Waals surface area contributed by atoms with E-state index >= 15 is 0 Å². The Morgan fingerprint density at radius 3 is 2.63 bits per heavy atom. The fourth-order valence-electron chi connectivity index (χ4n) is 2.09. The molecule has 0 aliphatic heterocycles. The Hall–Kier alpha value is -2.01. The van der Waals surface area contributed by atoms with E-state index in [4.69, 9.17) is 5.73 Å². The molecule has 0 aliphatic rings. The number of rotatable bonds is 2. The van der Waals surface area contributed by atoms with Crippen molar-refractivity contribution < 1.29 is 0 Å². The number of fused-ring (bicyclic) bond motifs is 1. The molecule has 0 fully saturated rings. The Bertz CT molecular complexity index is 731. The van der Waals surface area contributed by atoms with Crippen LogP contribution >= 0.6 is 11.8 Å². The number of anilines is 1. The molecule has 0 saturated heterocycles. The number of hydrogen-bond donors (Lipinski definition) is 1. The number of benzene rings is 1. The van der Waals surface area contributed by atoms with Crippen LogP contribution in [0.15, 0.2) is 41.8 Å². The highest BCUT2D eigenvalue weighted by Gasteiger charge is 2.14. The summed E-state index contributed by atoms with van der Waals surface area (Å²) in [7, 11) is 0. The molecule has 4 nitrogen and oxygen atoms in total. The minimum absolute atomic E-state index is 0.505. The molecule has 2 heterocycles. The van der Waals surface area contributed by atoms with Crippen LogP contribution in [0.5, 0.6) is 0 Å². The largest absolute Gasteiger partial charge is 0.382 e. The summed E-state index contributed by atoms with van der Waals surface area (Å²) in [5.74, 6) is 0.505. The summed E-state index contributed by atoms with van der Waals surface area (Å²) >= 11 is 1.59. The molecule has 2 N–H and O–H groups in total. The summed E-state index contributed by atoms with van der Waals surface area (Å²) < 4.78 is 1.99. The Morgan fingerprint density at radius 2 is 1.95 bits per heavy atom. The molecule has 0 radical (unpaired) electrons. The van der Waals surface area contributed by atoms with Crippen molar-refractivity contribution in [1.82, 2.24) is 14.4 Å². The highest BCUT2D eigenvalue weighted by atomic mass is 32.2. The first-order chi connectivity index (χ1) is 9.20. The lowest BCUT2D eigenvalue weighted by Crippen LogP contribution is -1.96. The third-order valence-electron chi connectivity index (χ3n) is 3.06. The zero-order chi connectivity index (χ0) is 13.4. The van der Waals surface area contributed by atoms with Crippen molar-refractivity contribution in [2.24, 2.45) is 0 Å². The fourth-order valence-corrected chi connectivity index (χ4v) is 2.62. The van der Waals surface area contributed by atoms with Gasteiger partial charge in [0.05, 0.1) is 0 Å². The van der Waals surface area contributed by atoms with Crippen molar-refractivity contribution in [3.63, 3.8) is 0 Å². The van der Waals surface area contributed by atoms with Crippen LogP contribution < -0.4 is 5.73 Å². The van der Waals surface area contributed by atoms with E-state index in [2.05, 4.69) is 41.2 Å². The van der Waals surface area contributed by atoms with Gasteiger partial charge in [-0.15, -0.1) is 0 Å². The Morgan fingerprint density at radius 1 is 1.21 bits per heavy atom. The number of nitrogen functional groups attached to an aromatic ring is 1. The Labute approximate surface area is 115 Å². The minimum atomic E-state index is 0.505. The van der Waals surface area contributed by atoms with Crippen LogP contribution in [0.2, 0.25) is 0 Å². The molecule has 0 spiro atoms. The van der Waals surface area contributed by atoms with Crippen LogP contribution in [0.25, 0.3) is 16.8 Å². The van der Waals surface area contributed by atoms with Gasteiger partial charge in [-0.05, 0) is 13.2 Å². The number of imidazole rings is 1. The molecule has 0 amide bonds. The van der Waals surface area contributed by atoms with Gasteiger partial charge in [-0.25, -0.2) is 9.97 Å². The quantitative estimate of drug-likeness (QED) is 0.727. The first kappa shape index (κ1) is 12.0. The van der Waals surface area contributed by atoms with Crippen LogP contribution in [0.1, 0.15) is 5.56 Å². The number of nitrogens with two attached hydrogens (primary N) is 1.